The van der Waals surface area contributed by atoms with Crippen molar-refractivity contribution >= 4 is 11.5 Å². The van der Waals surface area contributed by atoms with Crippen molar-refractivity contribution in [1.29, 1.82) is 0 Å². The number of hydrogen-bond acceptors (Lipinski definition) is 5. The molecule has 0 radical (unpaired) electrons. The van der Waals surface area contributed by atoms with Gasteiger partial charge < -0.3 is 5.11 Å². The van der Waals surface area contributed by atoms with E-state index >= 15 is 0 Å². The Morgan fingerprint density at radius 3 is 3.27 bits per heavy atom. The zero-order valence-electron chi connectivity index (χ0n) is 8.80. The Kier molecular flexibility index (Phi) is 4.05. The molecular weight excluding hydrogens is 210 g/mol. The second kappa shape index (κ2) is 5.53. The van der Waals surface area contributed by atoms with Gasteiger partial charge >= 0.3 is 0 Å². The average Bonchev–Trinajstić information content (AvgIpc) is 2.71. The van der Waals surface area contributed by atoms with Gasteiger partial charge in [0.05, 0.1) is 5.69 Å². The zero-order chi connectivity index (χ0) is 10.5. The Morgan fingerprint density at radius 2 is 2.53 bits per heavy atom. The molecule has 4 nitrogen and oxygen atoms in total. The fraction of sp³-hybridized carbons (Fsp3) is 0.800. The summed E-state index contributed by atoms with van der Waals surface area (Å²) in [6.07, 6.45) is 3.43. The Balaban J connectivity index is 1.82. The van der Waals surface area contributed by atoms with E-state index in [0.29, 0.717) is 12.5 Å². The standard InChI is InChI=1S/C10H17N3OS/c14-5-3-9-2-1-4-13(6-9)7-10-8-15-12-11-10/h8-9,14H,1-7H2. The monoisotopic (exact) mass is 227 g/mol. The van der Waals surface area contributed by atoms with Crippen LogP contribution >= 0.6 is 11.5 Å². The van der Waals surface area contributed by atoms with Crippen molar-refractivity contribution < 1.29 is 5.11 Å². The first kappa shape index (κ1) is 11.0. The minimum absolute atomic E-state index is 0.316. The van der Waals surface area contributed by atoms with E-state index in [-0.39, 0.29) is 0 Å². The van der Waals surface area contributed by atoms with E-state index in [0.717, 1.165) is 31.7 Å². The number of nitrogens with zero attached hydrogens (tertiary/aromatic N) is 3. The van der Waals surface area contributed by atoms with Crippen LogP contribution in [-0.2, 0) is 6.54 Å². The largest absolute Gasteiger partial charge is 0.396 e. The molecule has 1 saturated heterocycles. The van der Waals surface area contributed by atoms with Gasteiger partial charge in [-0.25, -0.2) is 0 Å². The third kappa shape index (κ3) is 3.22. The molecule has 1 fully saturated rings. The molecule has 1 aliphatic heterocycles. The first-order valence-electron chi connectivity index (χ1n) is 5.47. The fourth-order valence-electron chi connectivity index (χ4n) is 2.20. The molecule has 1 atom stereocenters. The van der Waals surface area contributed by atoms with Crippen LogP contribution in [0.3, 0.4) is 0 Å². The molecule has 1 aromatic rings. The molecule has 0 spiro atoms. The van der Waals surface area contributed by atoms with Crippen LogP contribution in [0.1, 0.15) is 25.0 Å². The minimum atomic E-state index is 0.316. The molecular formula is C10H17N3OS. The molecule has 1 N–H and O–H groups in total. The van der Waals surface area contributed by atoms with Crippen molar-refractivity contribution in [3.63, 3.8) is 0 Å². The molecule has 2 rings (SSSR count). The van der Waals surface area contributed by atoms with Gasteiger partial charge in [0.1, 0.15) is 0 Å². The lowest BCUT2D eigenvalue weighted by Crippen LogP contribution is -2.35. The number of piperidine rings is 1. The average molecular weight is 227 g/mol. The molecule has 1 unspecified atom stereocenters. The Labute approximate surface area is 94.1 Å². The van der Waals surface area contributed by atoms with Crippen LogP contribution in [-0.4, -0.2) is 39.3 Å². The highest BCUT2D eigenvalue weighted by atomic mass is 32.1. The molecule has 0 aromatic carbocycles. The lowest BCUT2D eigenvalue weighted by Gasteiger charge is -2.31. The molecule has 2 heterocycles. The van der Waals surface area contributed by atoms with Crippen molar-refractivity contribution in [3.05, 3.63) is 11.1 Å². The van der Waals surface area contributed by atoms with E-state index in [1.165, 1.54) is 24.4 Å². The van der Waals surface area contributed by atoms with Crippen LogP contribution in [0.5, 0.6) is 0 Å². The van der Waals surface area contributed by atoms with Crippen molar-refractivity contribution in [2.45, 2.75) is 25.8 Å². The summed E-state index contributed by atoms with van der Waals surface area (Å²) in [5, 5.41) is 15.0. The molecule has 1 aliphatic rings. The molecule has 84 valence electrons. The number of aliphatic hydroxyl groups is 1. The van der Waals surface area contributed by atoms with Gasteiger partial charge in [0.25, 0.3) is 0 Å². The summed E-state index contributed by atoms with van der Waals surface area (Å²) in [5.41, 5.74) is 1.07. The normalized spacial score (nSPS) is 23.1. The molecule has 0 saturated carbocycles. The van der Waals surface area contributed by atoms with Crippen LogP contribution in [0.25, 0.3) is 0 Å². The summed E-state index contributed by atoms with van der Waals surface area (Å²) in [5.74, 6) is 0.662. The Hall–Kier alpha value is -0.520. The molecule has 0 aliphatic carbocycles. The van der Waals surface area contributed by atoms with Crippen molar-refractivity contribution in [2.75, 3.05) is 19.7 Å². The second-order valence-corrected chi connectivity index (χ2v) is 4.76. The maximum atomic E-state index is 8.92. The quantitative estimate of drug-likeness (QED) is 0.838. The van der Waals surface area contributed by atoms with Gasteiger partial charge in [0.15, 0.2) is 0 Å². The number of aliphatic hydroxyl groups excluding tert-OH is 1. The first-order valence-corrected chi connectivity index (χ1v) is 6.31. The summed E-state index contributed by atoms with van der Waals surface area (Å²) in [7, 11) is 0. The topological polar surface area (TPSA) is 49.2 Å². The highest BCUT2D eigenvalue weighted by Crippen LogP contribution is 2.20. The van der Waals surface area contributed by atoms with Crippen LogP contribution < -0.4 is 0 Å². The van der Waals surface area contributed by atoms with Crippen molar-refractivity contribution in [3.8, 4) is 0 Å². The van der Waals surface area contributed by atoms with Gasteiger partial charge in [0.2, 0.25) is 0 Å². The maximum absolute atomic E-state index is 8.92. The fourth-order valence-corrected chi connectivity index (χ4v) is 2.64. The van der Waals surface area contributed by atoms with Gasteiger partial charge in [-0.05, 0) is 43.3 Å². The Bertz CT molecular complexity index is 276. The number of aromatic nitrogens is 2. The molecule has 5 heteroatoms. The van der Waals surface area contributed by atoms with Crippen molar-refractivity contribution in [2.24, 2.45) is 5.92 Å². The lowest BCUT2D eigenvalue weighted by atomic mass is 9.95. The minimum Gasteiger partial charge on any atom is -0.396 e. The van der Waals surface area contributed by atoms with Gasteiger partial charge in [-0.1, -0.05) is 4.49 Å². The third-order valence-corrected chi connectivity index (χ3v) is 3.48. The van der Waals surface area contributed by atoms with Crippen molar-refractivity contribution in [1.82, 2.24) is 14.5 Å². The summed E-state index contributed by atoms with van der Waals surface area (Å²) in [6.45, 7) is 3.48. The Morgan fingerprint density at radius 1 is 1.60 bits per heavy atom. The number of hydrogen-bond donors (Lipinski definition) is 1. The van der Waals surface area contributed by atoms with Crippen LogP contribution in [0.2, 0.25) is 0 Å². The third-order valence-electron chi connectivity index (χ3n) is 2.93. The maximum Gasteiger partial charge on any atom is 0.0895 e. The highest BCUT2D eigenvalue weighted by Gasteiger charge is 2.19. The van der Waals surface area contributed by atoms with E-state index in [4.69, 9.17) is 5.11 Å². The first-order chi connectivity index (χ1) is 7.38. The van der Waals surface area contributed by atoms with Gasteiger partial charge in [-0.15, -0.1) is 5.10 Å². The van der Waals surface area contributed by atoms with E-state index < -0.39 is 0 Å². The number of rotatable bonds is 4. The van der Waals surface area contributed by atoms with E-state index in [1.54, 1.807) is 0 Å². The summed E-state index contributed by atoms with van der Waals surface area (Å²) < 4.78 is 3.87. The predicted octanol–water partition coefficient (Wildman–Crippen LogP) is 1.13. The van der Waals surface area contributed by atoms with E-state index in [2.05, 4.69) is 14.5 Å². The van der Waals surface area contributed by atoms with Gasteiger partial charge in [0, 0.05) is 25.1 Å². The van der Waals surface area contributed by atoms with Gasteiger partial charge in [-0.3, -0.25) is 4.90 Å². The molecule has 0 amide bonds. The number of likely N-dealkylation sites (tertiary alicyclic amines) is 1. The molecule has 1 aromatic heterocycles. The van der Waals surface area contributed by atoms with E-state index in [1.807, 2.05) is 5.38 Å². The van der Waals surface area contributed by atoms with Crippen LogP contribution in [0.15, 0.2) is 5.38 Å². The predicted molar refractivity (Wildman–Crippen MR) is 59.6 cm³/mol. The second-order valence-electron chi connectivity index (χ2n) is 4.15. The summed E-state index contributed by atoms with van der Waals surface area (Å²) >= 11 is 1.41. The highest BCUT2D eigenvalue weighted by molar-refractivity contribution is 7.03. The van der Waals surface area contributed by atoms with Crippen LogP contribution in [0, 0.1) is 5.92 Å². The summed E-state index contributed by atoms with van der Waals surface area (Å²) in [4.78, 5) is 2.42. The zero-order valence-corrected chi connectivity index (χ0v) is 9.62. The molecule has 15 heavy (non-hydrogen) atoms. The lowest BCUT2D eigenvalue weighted by molar-refractivity contribution is 0.141. The smallest absolute Gasteiger partial charge is 0.0895 e. The SMILES string of the molecule is OCCC1CCCN(Cc2csnn2)C1. The summed E-state index contributed by atoms with van der Waals surface area (Å²) in [6, 6.07) is 0. The van der Waals surface area contributed by atoms with Gasteiger partial charge in [-0.2, -0.15) is 0 Å². The molecule has 0 bridgehead atoms. The van der Waals surface area contributed by atoms with E-state index in [9.17, 15) is 0 Å². The van der Waals surface area contributed by atoms with Crippen LogP contribution in [0.4, 0.5) is 0 Å².